The zero-order valence-corrected chi connectivity index (χ0v) is 14.3. The molecule has 1 heterocycles. The number of aryl methyl sites for hydroxylation is 1. The monoisotopic (exact) mass is 379 g/mol. The quantitative estimate of drug-likeness (QED) is 0.694. The maximum Gasteiger partial charge on any atom is 0.247 e. The lowest BCUT2D eigenvalue weighted by atomic mass is 10.2. The lowest BCUT2D eigenvalue weighted by Crippen LogP contribution is -2.12. The Morgan fingerprint density at radius 3 is 2.60 bits per heavy atom. The van der Waals surface area contributed by atoms with Gasteiger partial charge in [-0.2, -0.15) is 0 Å². The van der Waals surface area contributed by atoms with Gasteiger partial charge < -0.3 is 9.73 Å². The average molecular weight is 380 g/mol. The van der Waals surface area contributed by atoms with Crippen LogP contribution in [0.3, 0.4) is 0 Å². The van der Waals surface area contributed by atoms with Crippen LogP contribution in [0.5, 0.6) is 0 Å². The van der Waals surface area contributed by atoms with Crippen LogP contribution < -0.4 is 5.32 Å². The Labute approximate surface area is 152 Å². The number of hydrogen-bond donors (Lipinski definition) is 1. The number of anilines is 1. The summed E-state index contributed by atoms with van der Waals surface area (Å²) in [5.74, 6) is -0.108. The van der Waals surface area contributed by atoms with E-state index in [-0.39, 0.29) is 23.8 Å². The van der Waals surface area contributed by atoms with Gasteiger partial charge in [-0.15, -0.1) is 10.2 Å². The molecule has 1 aromatic heterocycles. The highest BCUT2D eigenvalue weighted by Crippen LogP contribution is 2.21. The summed E-state index contributed by atoms with van der Waals surface area (Å²) in [5.41, 5.74) is 1.16. The molecule has 0 bridgehead atoms. The second kappa shape index (κ2) is 7.63. The molecule has 0 fully saturated rings. The number of halogens is 3. The molecular weight excluding hydrogens is 368 g/mol. The summed E-state index contributed by atoms with van der Waals surface area (Å²) in [7, 11) is 0. The van der Waals surface area contributed by atoms with E-state index in [1.54, 1.807) is 24.3 Å². The summed E-state index contributed by atoms with van der Waals surface area (Å²) in [6.45, 7) is 0. The number of amides is 1. The van der Waals surface area contributed by atoms with Crippen LogP contribution in [-0.2, 0) is 11.2 Å². The minimum absolute atomic E-state index is 0.0534. The fourth-order valence-corrected chi connectivity index (χ4v) is 2.39. The van der Waals surface area contributed by atoms with E-state index in [9.17, 15) is 9.18 Å². The fraction of sp³-hybridized carbons (Fsp3) is 0.118. The van der Waals surface area contributed by atoms with E-state index in [4.69, 9.17) is 27.6 Å². The molecular formula is C17H12Cl2FN3O2. The lowest BCUT2D eigenvalue weighted by molar-refractivity contribution is -0.116. The van der Waals surface area contributed by atoms with E-state index in [0.29, 0.717) is 22.5 Å². The van der Waals surface area contributed by atoms with Crippen LogP contribution in [0.1, 0.15) is 12.3 Å². The largest absolute Gasteiger partial charge is 0.421 e. The van der Waals surface area contributed by atoms with E-state index < -0.39 is 5.82 Å². The standard InChI is InChI=1S/C17H12Cl2FN3O2/c18-11-3-1-10(2-4-11)17-23-22-16(25-17)8-7-15(24)21-12-5-6-14(20)13(19)9-12/h1-6,9H,7-8H2,(H,21,24). The van der Waals surface area contributed by atoms with Gasteiger partial charge in [0.05, 0.1) is 5.02 Å². The summed E-state index contributed by atoms with van der Waals surface area (Å²) in [5, 5.41) is 11.1. The van der Waals surface area contributed by atoms with Gasteiger partial charge >= 0.3 is 0 Å². The van der Waals surface area contributed by atoms with Crippen molar-refractivity contribution in [2.24, 2.45) is 0 Å². The Kier molecular flexibility index (Phi) is 5.31. The lowest BCUT2D eigenvalue weighted by Gasteiger charge is -2.05. The number of aromatic nitrogens is 2. The minimum Gasteiger partial charge on any atom is -0.421 e. The van der Waals surface area contributed by atoms with Crippen LogP contribution in [0.4, 0.5) is 10.1 Å². The first-order chi connectivity index (χ1) is 12.0. The van der Waals surface area contributed by atoms with Crippen molar-refractivity contribution in [3.8, 4) is 11.5 Å². The van der Waals surface area contributed by atoms with E-state index in [0.717, 1.165) is 5.56 Å². The molecule has 0 atom stereocenters. The number of nitrogens with one attached hydrogen (secondary N) is 1. The van der Waals surface area contributed by atoms with Gasteiger partial charge in [0.2, 0.25) is 17.7 Å². The number of benzene rings is 2. The molecule has 0 aliphatic heterocycles. The number of nitrogens with zero attached hydrogens (tertiary/aromatic N) is 2. The maximum atomic E-state index is 13.1. The maximum absolute atomic E-state index is 13.1. The second-order valence-electron chi connectivity index (χ2n) is 5.18. The SMILES string of the molecule is O=C(CCc1nnc(-c2ccc(Cl)cc2)o1)Nc1ccc(F)c(Cl)c1. The first-order valence-electron chi connectivity index (χ1n) is 7.34. The average Bonchev–Trinajstić information content (AvgIpc) is 3.06. The van der Waals surface area contributed by atoms with Gasteiger partial charge in [-0.05, 0) is 42.5 Å². The van der Waals surface area contributed by atoms with Gasteiger partial charge in [0.15, 0.2) is 0 Å². The Morgan fingerprint density at radius 2 is 1.88 bits per heavy atom. The molecule has 3 rings (SSSR count). The zero-order chi connectivity index (χ0) is 17.8. The summed E-state index contributed by atoms with van der Waals surface area (Å²) in [6.07, 6.45) is 0.415. The molecule has 0 aliphatic carbocycles. The van der Waals surface area contributed by atoms with Crippen molar-refractivity contribution in [3.63, 3.8) is 0 Å². The van der Waals surface area contributed by atoms with Crippen molar-refractivity contribution in [2.75, 3.05) is 5.32 Å². The molecule has 8 heteroatoms. The molecule has 3 aromatic rings. The van der Waals surface area contributed by atoms with Crippen LogP contribution in [0.25, 0.3) is 11.5 Å². The highest BCUT2D eigenvalue weighted by atomic mass is 35.5. The number of hydrogen-bond acceptors (Lipinski definition) is 4. The highest BCUT2D eigenvalue weighted by molar-refractivity contribution is 6.31. The van der Waals surface area contributed by atoms with Crippen LogP contribution in [0.2, 0.25) is 10.0 Å². The van der Waals surface area contributed by atoms with Crippen molar-refractivity contribution in [1.29, 1.82) is 0 Å². The fourth-order valence-electron chi connectivity index (χ4n) is 2.08. The zero-order valence-electron chi connectivity index (χ0n) is 12.8. The molecule has 5 nitrogen and oxygen atoms in total. The molecule has 0 unspecified atom stereocenters. The first kappa shape index (κ1) is 17.4. The van der Waals surface area contributed by atoms with Crippen molar-refractivity contribution < 1.29 is 13.6 Å². The van der Waals surface area contributed by atoms with Gasteiger partial charge in [-0.1, -0.05) is 23.2 Å². The van der Waals surface area contributed by atoms with Crippen LogP contribution in [-0.4, -0.2) is 16.1 Å². The van der Waals surface area contributed by atoms with E-state index in [1.165, 1.54) is 18.2 Å². The topological polar surface area (TPSA) is 68.0 Å². The molecule has 1 amide bonds. The second-order valence-corrected chi connectivity index (χ2v) is 6.03. The molecule has 0 saturated heterocycles. The number of rotatable bonds is 5. The van der Waals surface area contributed by atoms with E-state index in [2.05, 4.69) is 15.5 Å². The Bertz CT molecular complexity index is 897. The van der Waals surface area contributed by atoms with Crippen molar-refractivity contribution in [1.82, 2.24) is 10.2 Å². The molecule has 2 aromatic carbocycles. The predicted molar refractivity (Wildman–Crippen MR) is 93.1 cm³/mol. The van der Waals surface area contributed by atoms with Gasteiger partial charge in [0.25, 0.3) is 0 Å². The summed E-state index contributed by atoms with van der Waals surface area (Å²) in [4.78, 5) is 11.9. The third kappa shape index (κ3) is 4.55. The van der Waals surface area contributed by atoms with Gasteiger partial charge in [-0.25, -0.2) is 4.39 Å². The molecule has 1 N–H and O–H groups in total. The molecule has 128 valence electrons. The highest BCUT2D eigenvalue weighted by Gasteiger charge is 2.11. The van der Waals surface area contributed by atoms with Crippen LogP contribution in [0.15, 0.2) is 46.9 Å². The molecule has 25 heavy (non-hydrogen) atoms. The van der Waals surface area contributed by atoms with E-state index in [1.807, 2.05) is 0 Å². The van der Waals surface area contributed by atoms with Crippen LogP contribution >= 0.6 is 23.2 Å². The van der Waals surface area contributed by atoms with Crippen molar-refractivity contribution >= 4 is 34.8 Å². The third-order valence-electron chi connectivity index (χ3n) is 3.33. The minimum atomic E-state index is -0.541. The number of carbonyl (C=O) groups excluding carboxylic acids is 1. The Hall–Kier alpha value is -2.44. The van der Waals surface area contributed by atoms with Gasteiger partial charge in [-0.3, -0.25) is 4.79 Å². The van der Waals surface area contributed by atoms with Crippen molar-refractivity contribution in [3.05, 3.63) is 64.2 Å². The van der Waals surface area contributed by atoms with Crippen molar-refractivity contribution in [2.45, 2.75) is 12.8 Å². The molecule has 0 spiro atoms. The molecule has 0 aliphatic rings. The Morgan fingerprint density at radius 1 is 1.12 bits per heavy atom. The van der Waals surface area contributed by atoms with Gasteiger partial charge in [0, 0.05) is 29.1 Å². The Balaban J connectivity index is 1.57. The predicted octanol–water partition coefficient (Wildman–Crippen LogP) is 4.75. The van der Waals surface area contributed by atoms with E-state index >= 15 is 0 Å². The summed E-state index contributed by atoms with van der Waals surface area (Å²) >= 11 is 11.5. The normalized spacial score (nSPS) is 10.7. The number of carbonyl (C=O) groups is 1. The molecule has 0 saturated carbocycles. The van der Waals surface area contributed by atoms with Crippen LogP contribution in [0, 0.1) is 5.82 Å². The molecule has 0 radical (unpaired) electrons. The summed E-state index contributed by atoms with van der Waals surface area (Å²) < 4.78 is 18.6. The van der Waals surface area contributed by atoms with Gasteiger partial charge in [0.1, 0.15) is 5.82 Å². The first-order valence-corrected chi connectivity index (χ1v) is 8.10. The third-order valence-corrected chi connectivity index (χ3v) is 3.87. The smallest absolute Gasteiger partial charge is 0.247 e. The summed E-state index contributed by atoms with van der Waals surface area (Å²) in [6, 6.07) is 11.0.